The Morgan fingerprint density at radius 2 is 1.81 bits per heavy atom. The molecule has 0 radical (unpaired) electrons. The van der Waals surface area contributed by atoms with Crippen LogP contribution in [0.2, 0.25) is 0 Å². The summed E-state index contributed by atoms with van der Waals surface area (Å²) in [5, 5.41) is 0. The van der Waals surface area contributed by atoms with Crippen molar-refractivity contribution in [3.05, 3.63) is 47.9 Å². The van der Waals surface area contributed by atoms with E-state index in [1.807, 2.05) is 26.0 Å². The highest BCUT2D eigenvalue weighted by Crippen LogP contribution is 2.26. The van der Waals surface area contributed by atoms with Gasteiger partial charge in [-0.2, -0.15) is 0 Å². The van der Waals surface area contributed by atoms with Gasteiger partial charge in [0.2, 0.25) is 0 Å². The number of carbonyl (C=O) groups is 2. The molecule has 27 heavy (non-hydrogen) atoms. The maximum Gasteiger partial charge on any atom is 0.289 e. The third kappa shape index (κ3) is 3.92. The van der Waals surface area contributed by atoms with Gasteiger partial charge in [0.15, 0.2) is 5.76 Å². The third-order valence-corrected chi connectivity index (χ3v) is 4.94. The fourth-order valence-corrected chi connectivity index (χ4v) is 3.39. The molecule has 0 unspecified atom stereocenters. The van der Waals surface area contributed by atoms with Crippen molar-refractivity contribution in [3.63, 3.8) is 0 Å². The summed E-state index contributed by atoms with van der Waals surface area (Å²) in [6.07, 6.45) is 1.50. The van der Waals surface area contributed by atoms with E-state index < -0.39 is 0 Å². The number of benzene rings is 1. The largest absolute Gasteiger partial charge is 0.459 e. The Kier molecular flexibility index (Phi) is 5.69. The van der Waals surface area contributed by atoms with E-state index in [9.17, 15) is 9.59 Å². The maximum atomic E-state index is 12.9. The first-order valence-electron chi connectivity index (χ1n) is 9.31. The van der Waals surface area contributed by atoms with Crippen molar-refractivity contribution in [2.75, 3.05) is 49.9 Å². The zero-order chi connectivity index (χ0) is 19.4. The average Bonchev–Trinajstić information content (AvgIpc) is 3.23. The molecule has 2 amide bonds. The van der Waals surface area contributed by atoms with Crippen molar-refractivity contribution >= 4 is 23.2 Å². The monoisotopic (exact) mass is 370 g/mol. The molecule has 1 fully saturated rings. The molecule has 2 N–H and O–H groups in total. The second kappa shape index (κ2) is 8.16. The molecule has 1 aromatic heterocycles. The van der Waals surface area contributed by atoms with Gasteiger partial charge in [-0.3, -0.25) is 9.59 Å². The second-order valence-corrected chi connectivity index (χ2v) is 6.51. The number of hydrogen-bond donors (Lipinski definition) is 1. The Morgan fingerprint density at radius 1 is 1.11 bits per heavy atom. The summed E-state index contributed by atoms with van der Waals surface area (Å²) in [7, 11) is 0. The van der Waals surface area contributed by atoms with Crippen LogP contribution < -0.4 is 10.6 Å². The van der Waals surface area contributed by atoms with Crippen molar-refractivity contribution in [2.24, 2.45) is 0 Å². The van der Waals surface area contributed by atoms with Gasteiger partial charge in [-0.15, -0.1) is 0 Å². The fourth-order valence-electron chi connectivity index (χ4n) is 3.39. The number of furan rings is 1. The number of rotatable bonds is 5. The molecule has 1 aliphatic heterocycles. The van der Waals surface area contributed by atoms with Crippen molar-refractivity contribution < 1.29 is 14.0 Å². The number of piperazine rings is 1. The molecule has 1 aliphatic rings. The van der Waals surface area contributed by atoms with Crippen molar-refractivity contribution in [2.45, 2.75) is 13.8 Å². The molecule has 2 heterocycles. The topological polar surface area (TPSA) is 83.0 Å². The van der Waals surface area contributed by atoms with Gasteiger partial charge in [-0.25, -0.2) is 0 Å². The van der Waals surface area contributed by atoms with E-state index in [4.69, 9.17) is 10.2 Å². The van der Waals surface area contributed by atoms with E-state index in [1.54, 1.807) is 28.0 Å². The molecule has 0 bridgehead atoms. The highest BCUT2D eigenvalue weighted by Gasteiger charge is 2.26. The molecule has 7 nitrogen and oxygen atoms in total. The molecule has 0 spiro atoms. The van der Waals surface area contributed by atoms with Crippen LogP contribution in [-0.2, 0) is 0 Å². The first-order chi connectivity index (χ1) is 13.0. The summed E-state index contributed by atoms with van der Waals surface area (Å²) in [5.41, 5.74) is 7.99. The predicted octanol–water partition coefficient (Wildman–Crippen LogP) is 2.31. The molecular formula is C20H26N4O3. The van der Waals surface area contributed by atoms with Crippen LogP contribution in [-0.4, -0.2) is 60.9 Å². The first kappa shape index (κ1) is 18.8. The van der Waals surface area contributed by atoms with Crippen LogP contribution in [0.15, 0.2) is 41.0 Å². The van der Waals surface area contributed by atoms with E-state index in [0.29, 0.717) is 56.3 Å². The van der Waals surface area contributed by atoms with Crippen molar-refractivity contribution in [1.82, 2.24) is 9.80 Å². The van der Waals surface area contributed by atoms with Gasteiger partial charge in [0, 0.05) is 50.6 Å². The number of anilines is 2. The number of amides is 2. The molecule has 0 saturated carbocycles. The highest BCUT2D eigenvalue weighted by molar-refractivity contribution is 6.01. The van der Waals surface area contributed by atoms with Crippen LogP contribution in [0.5, 0.6) is 0 Å². The van der Waals surface area contributed by atoms with E-state index in [0.717, 1.165) is 5.69 Å². The Labute approximate surface area is 159 Å². The molecule has 0 aliphatic carbocycles. The maximum absolute atomic E-state index is 12.9. The Morgan fingerprint density at radius 3 is 2.41 bits per heavy atom. The lowest BCUT2D eigenvalue weighted by Gasteiger charge is -2.37. The smallest absolute Gasteiger partial charge is 0.289 e. The summed E-state index contributed by atoms with van der Waals surface area (Å²) in [5.74, 6) is 0.237. The van der Waals surface area contributed by atoms with Crippen LogP contribution in [0.4, 0.5) is 11.4 Å². The van der Waals surface area contributed by atoms with Crippen LogP contribution in [0.3, 0.4) is 0 Å². The number of nitrogens with zero attached hydrogens (tertiary/aromatic N) is 3. The number of carbonyl (C=O) groups excluding carboxylic acids is 2. The minimum atomic E-state index is -0.101. The van der Waals surface area contributed by atoms with Crippen LogP contribution in [0.25, 0.3) is 0 Å². The quantitative estimate of drug-likeness (QED) is 0.817. The summed E-state index contributed by atoms with van der Waals surface area (Å²) in [4.78, 5) is 31.0. The highest BCUT2D eigenvalue weighted by atomic mass is 16.3. The van der Waals surface area contributed by atoms with Gasteiger partial charge < -0.3 is 24.9 Å². The molecule has 0 atom stereocenters. The molecule has 144 valence electrons. The number of nitrogen functional groups attached to an aromatic ring is 1. The Bertz CT molecular complexity index is 792. The van der Waals surface area contributed by atoms with Crippen molar-refractivity contribution in [3.8, 4) is 0 Å². The normalized spacial score (nSPS) is 14.3. The first-order valence-corrected chi connectivity index (χ1v) is 9.31. The minimum Gasteiger partial charge on any atom is -0.459 e. The molecule has 1 saturated heterocycles. The van der Waals surface area contributed by atoms with Gasteiger partial charge in [0.25, 0.3) is 11.8 Å². The van der Waals surface area contributed by atoms with Crippen LogP contribution >= 0.6 is 0 Å². The van der Waals surface area contributed by atoms with Gasteiger partial charge in [-0.05, 0) is 44.2 Å². The summed E-state index contributed by atoms with van der Waals surface area (Å²) < 4.78 is 5.21. The molecule has 3 rings (SSSR count). The lowest BCUT2D eigenvalue weighted by molar-refractivity contribution is 0.0711. The molecule has 7 heteroatoms. The van der Waals surface area contributed by atoms with E-state index >= 15 is 0 Å². The molecule has 1 aromatic carbocycles. The zero-order valence-electron chi connectivity index (χ0n) is 15.9. The van der Waals surface area contributed by atoms with E-state index in [1.165, 1.54) is 6.26 Å². The van der Waals surface area contributed by atoms with Crippen LogP contribution in [0.1, 0.15) is 34.8 Å². The number of nitrogens with two attached hydrogens (primary N) is 1. The second-order valence-electron chi connectivity index (χ2n) is 6.51. The SMILES string of the molecule is CCN(CC)C(=O)c1cc(N)ccc1N1CCN(C(=O)c2ccco2)CC1. The lowest BCUT2D eigenvalue weighted by atomic mass is 10.1. The van der Waals surface area contributed by atoms with Gasteiger partial charge in [0.1, 0.15) is 0 Å². The molecular weight excluding hydrogens is 344 g/mol. The minimum absolute atomic E-state index is 0.0172. The van der Waals surface area contributed by atoms with E-state index in [2.05, 4.69) is 4.90 Å². The Balaban J connectivity index is 1.76. The van der Waals surface area contributed by atoms with E-state index in [-0.39, 0.29) is 11.8 Å². The van der Waals surface area contributed by atoms with Gasteiger partial charge in [-0.1, -0.05) is 0 Å². The summed E-state index contributed by atoms with van der Waals surface area (Å²) in [6.45, 7) is 7.66. The predicted molar refractivity (Wildman–Crippen MR) is 105 cm³/mol. The number of hydrogen-bond acceptors (Lipinski definition) is 5. The molecule has 2 aromatic rings. The van der Waals surface area contributed by atoms with Gasteiger partial charge >= 0.3 is 0 Å². The van der Waals surface area contributed by atoms with Crippen molar-refractivity contribution in [1.29, 1.82) is 0 Å². The van der Waals surface area contributed by atoms with Crippen LogP contribution in [0, 0.1) is 0 Å². The summed E-state index contributed by atoms with van der Waals surface area (Å²) in [6, 6.07) is 8.85. The standard InChI is InChI=1S/C20H26N4O3/c1-3-22(4-2)19(25)16-14-15(21)7-8-17(16)23-9-11-24(12-10-23)20(26)18-6-5-13-27-18/h5-8,13-14H,3-4,9-12,21H2,1-2H3. The summed E-state index contributed by atoms with van der Waals surface area (Å²) >= 11 is 0. The fraction of sp³-hybridized carbons (Fsp3) is 0.400. The van der Waals surface area contributed by atoms with Gasteiger partial charge in [0.05, 0.1) is 11.8 Å². The lowest BCUT2D eigenvalue weighted by Crippen LogP contribution is -2.49. The average molecular weight is 370 g/mol. The Hall–Kier alpha value is -2.96. The zero-order valence-corrected chi connectivity index (χ0v) is 15.9. The third-order valence-electron chi connectivity index (χ3n) is 4.94.